The minimum absolute atomic E-state index is 0.0827. The summed E-state index contributed by atoms with van der Waals surface area (Å²) in [6, 6.07) is 7.39. The summed E-state index contributed by atoms with van der Waals surface area (Å²) in [7, 11) is 0. The zero-order valence-electron chi connectivity index (χ0n) is 9.44. The Balaban J connectivity index is 2.10. The number of aliphatic hydroxyl groups is 1. The molecule has 1 fully saturated rings. The van der Waals surface area contributed by atoms with Crippen LogP contribution in [0.25, 0.3) is 0 Å². The SMILES string of the molecule is CC(O)c1ccccc1NC(=O)C1CCC1. The molecule has 0 bridgehead atoms. The fourth-order valence-electron chi connectivity index (χ4n) is 1.88. The summed E-state index contributed by atoms with van der Waals surface area (Å²) in [5.41, 5.74) is 1.50. The predicted octanol–water partition coefficient (Wildman–Crippen LogP) is 2.48. The molecule has 1 unspecified atom stereocenters. The van der Waals surface area contributed by atoms with Crippen molar-refractivity contribution in [3.05, 3.63) is 29.8 Å². The van der Waals surface area contributed by atoms with Gasteiger partial charge >= 0.3 is 0 Å². The van der Waals surface area contributed by atoms with E-state index in [4.69, 9.17) is 0 Å². The van der Waals surface area contributed by atoms with Gasteiger partial charge in [-0.3, -0.25) is 4.79 Å². The van der Waals surface area contributed by atoms with Gasteiger partial charge in [0.15, 0.2) is 0 Å². The molecule has 1 aliphatic carbocycles. The minimum Gasteiger partial charge on any atom is -0.389 e. The Kier molecular flexibility index (Phi) is 3.25. The number of anilines is 1. The first-order valence-corrected chi connectivity index (χ1v) is 5.76. The Morgan fingerprint density at radius 1 is 1.44 bits per heavy atom. The highest BCUT2D eigenvalue weighted by Crippen LogP contribution is 2.29. The van der Waals surface area contributed by atoms with Crippen LogP contribution in [0.2, 0.25) is 0 Å². The maximum atomic E-state index is 11.8. The second-order valence-electron chi connectivity index (χ2n) is 4.38. The van der Waals surface area contributed by atoms with Crippen molar-refractivity contribution in [2.75, 3.05) is 5.32 Å². The Labute approximate surface area is 95.5 Å². The molecule has 0 spiro atoms. The minimum atomic E-state index is -0.558. The number of benzene rings is 1. The maximum Gasteiger partial charge on any atom is 0.227 e. The Hall–Kier alpha value is -1.35. The van der Waals surface area contributed by atoms with E-state index in [0.29, 0.717) is 0 Å². The molecule has 1 amide bonds. The molecule has 86 valence electrons. The molecule has 1 aromatic carbocycles. The zero-order valence-corrected chi connectivity index (χ0v) is 9.44. The molecule has 16 heavy (non-hydrogen) atoms. The molecule has 3 nitrogen and oxygen atoms in total. The van der Waals surface area contributed by atoms with Crippen LogP contribution in [0.15, 0.2) is 24.3 Å². The average Bonchev–Trinajstić information content (AvgIpc) is 2.15. The largest absolute Gasteiger partial charge is 0.389 e. The number of rotatable bonds is 3. The number of aliphatic hydroxyl groups excluding tert-OH is 1. The van der Waals surface area contributed by atoms with Gasteiger partial charge in [0.2, 0.25) is 5.91 Å². The molecule has 3 heteroatoms. The van der Waals surface area contributed by atoms with Crippen molar-refractivity contribution >= 4 is 11.6 Å². The third kappa shape index (κ3) is 2.25. The van der Waals surface area contributed by atoms with Gasteiger partial charge in [-0.1, -0.05) is 24.6 Å². The molecule has 2 rings (SSSR count). The molecule has 0 heterocycles. The number of hydrogen-bond donors (Lipinski definition) is 2. The van der Waals surface area contributed by atoms with Gasteiger partial charge in [0.1, 0.15) is 0 Å². The van der Waals surface area contributed by atoms with E-state index in [9.17, 15) is 9.90 Å². The lowest BCUT2D eigenvalue weighted by molar-refractivity contribution is -0.122. The van der Waals surface area contributed by atoms with Gasteiger partial charge in [-0.15, -0.1) is 0 Å². The third-order valence-corrected chi connectivity index (χ3v) is 3.14. The number of hydrogen-bond acceptors (Lipinski definition) is 2. The van der Waals surface area contributed by atoms with E-state index < -0.39 is 6.10 Å². The molecule has 1 aromatic rings. The second-order valence-corrected chi connectivity index (χ2v) is 4.38. The molecule has 0 saturated heterocycles. The normalized spacial score (nSPS) is 17.6. The first kappa shape index (κ1) is 11.1. The topological polar surface area (TPSA) is 49.3 Å². The van der Waals surface area contributed by atoms with Crippen LogP contribution < -0.4 is 5.32 Å². The molecule has 0 aromatic heterocycles. The van der Waals surface area contributed by atoms with Crippen LogP contribution in [0.1, 0.15) is 37.9 Å². The highest BCUT2D eigenvalue weighted by molar-refractivity contribution is 5.93. The summed E-state index contributed by atoms with van der Waals surface area (Å²) in [6.07, 6.45) is 2.57. The molecule has 0 radical (unpaired) electrons. The van der Waals surface area contributed by atoms with E-state index in [-0.39, 0.29) is 11.8 Å². The summed E-state index contributed by atoms with van der Waals surface area (Å²) >= 11 is 0. The van der Waals surface area contributed by atoms with Crippen LogP contribution in [-0.2, 0) is 4.79 Å². The summed E-state index contributed by atoms with van der Waals surface area (Å²) in [5.74, 6) is 0.251. The Morgan fingerprint density at radius 3 is 2.69 bits per heavy atom. The smallest absolute Gasteiger partial charge is 0.227 e. The first-order chi connectivity index (χ1) is 7.68. The highest BCUT2D eigenvalue weighted by atomic mass is 16.3. The van der Waals surface area contributed by atoms with Crippen LogP contribution in [0.3, 0.4) is 0 Å². The molecular weight excluding hydrogens is 202 g/mol. The van der Waals surface area contributed by atoms with Gasteiger partial charge in [-0.2, -0.15) is 0 Å². The van der Waals surface area contributed by atoms with Crippen molar-refractivity contribution in [3.8, 4) is 0 Å². The van der Waals surface area contributed by atoms with E-state index in [0.717, 1.165) is 30.5 Å². The van der Waals surface area contributed by atoms with E-state index in [1.165, 1.54) is 0 Å². The summed E-state index contributed by atoms with van der Waals surface area (Å²) in [6.45, 7) is 1.70. The molecular formula is C13H17NO2. The Morgan fingerprint density at radius 2 is 2.12 bits per heavy atom. The van der Waals surface area contributed by atoms with Crippen LogP contribution in [0.4, 0.5) is 5.69 Å². The van der Waals surface area contributed by atoms with E-state index in [1.807, 2.05) is 24.3 Å². The standard InChI is InChI=1S/C13H17NO2/c1-9(15)11-7-2-3-8-12(11)14-13(16)10-5-4-6-10/h2-3,7-10,15H,4-6H2,1H3,(H,14,16). The van der Waals surface area contributed by atoms with Gasteiger partial charge in [-0.05, 0) is 25.8 Å². The number of para-hydroxylation sites is 1. The summed E-state index contributed by atoms with van der Waals surface area (Å²) < 4.78 is 0. The summed E-state index contributed by atoms with van der Waals surface area (Å²) in [5, 5.41) is 12.5. The zero-order chi connectivity index (χ0) is 11.5. The van der Waals surface area contributed by atoms with Crippen molar-refractivity contribution < 1.29 is 9.90 Å². The molecule has 1 saturated carbocycles. The van der Waals surface area contributed by atoms with Crippen LogP contribution in [0.5, 0.6) is 0 Å². The lowest BCUT2D eigenvalue weighted by Gasteiger charge is -2.25. The fourth-order valence-corrected chi connectivity index (χ4v) is 1.88. The monoisotopic (exact) mass is 219 g/mol. The van der Waals surface area contributed by atoms with Gasteiger partial charge < -0.3 is 10.4 Å². The van der Waals surface area contributed by atoms with Crippen LogP contribution in [0, 0.1) is 5.92 Å². The molecule has 0 aliphatic heterocycles. The first-order valence-electron chi connectivity index (χ1n) is 5.76. The van der Waals surface area contributed by atoms with E-state index in [1.54, 1.807) is 6.92 Å². The van der Waals surface area contributed by atoms with Gasteiger partial charge in [-0.25, -0.2) is 0 Å². The number of nitrogens with one attached hydrogen (secondary N) is 1. The van der Waals surface area contributed by atoms with Crippen molar-refractivity contribution in [2.24, 2.45) is 5.92 Å². The Bertz CT molecular complexity index is 383. The molecule has 1 aliphatic rings. The predicted molar refractivity (Wildman–Crippen MR) is 63.0 cm³/mol. The van der Waals surface area contributed by atoms with E-state index >= 15 is 0 Å². The maximum absolute atomic E-state index is 11.8. The lowest BCUT2D eigenvalue weighted by Crippen LogP contribution is -2.28. The number of carbonyl (C=O) groups excluding carboxylic acids is 1. The average molecular weight is 219 g/mol. The van der Waals surface area contributed by atoms with Crippen molar-refractivity contribution in [3.63, 3.8) is 0 Å². The van der Waals surface area contributed by atoms with Gasteiger partial charge in [0.05, 0.1) is 6.10 Å². The lowest BCUT2D eigenvalue weighted by atomic mass is 9.84. The fraction of sp³-hybridized carbons (Fsp3) is 0.462. The van der Waals surface area contributed by atoms with Crippen molar-refractivity contribution in [1.82, 2.24) is 0 Å². The van der Waals surface area contributed by atoms with E-state index in [2.05, 4.69) is 5.32 Å². The number of carbonyl (C=O) groups is 1. The van der Waals surface area contributed by atoms with Gasteiger partial charge in [0, 0.05) is 17.2 Å². The van der Waals surface area contributed by atoms with Gasteiger partial charge in [0.25, 0.3) is 0 Å². The highest BCUT2D eigenvalue weighted by Gasteiger charge is 2.25. The second kappa shape index (κ2) is 4.66. The van der Waals surface area contributed by atoms with Crippen molar-refractivity contribution in [1.29, 1.82) is 0 Å². The molecule has 2 N–H and O–H groups in total. The third-order valence-electron chi connectivity index (χ3n) is 3.14. The number of amides is 1. The van der Waals surface area contributed by atoms with Crippen molar-refractivity contribution in [2.45, 2.75) is 32.3 Å². The van der Waals surface area contributed by atoms with Crippen LogP contribution in [-0.4, -0.2) is 11.0 Å². The quantitative estimate of drug-likeness (QED) is 0.820. The summed E-state index contributed by atoms with van der Waals surface area (Å²) in [4.78, 5) is 11.8. The van der Waals surface area contributed by atoms with Crippen LogP contribution >= 0.6 is 0 Å². The molecule has 1 atom stereocenters.